The Morgan fingerprint density at radius 3 is 3.04 bits per heavy atom. The van der Waals surface area contributed by atoms with Crippen LogP contribution in [-0.4, -0.2) is 24.7 Å². The molecule has 0 atom stereocenters. The number of hydrogen-bond donors (Lipinski definition) is 3. The molecule has 4 heterocycles. The Labute approximate surface area is 155 Å². The molecule has 4 aromatic rings. The third kappa shape index (κ3) is 2.51. The number of benzene rings is 1. The molecule has 134 valence electrons. The summed E-state index contributed by atoms with van der Waals surface area (Å²) in [5.74, 6) is 3.43. The number of aromatic amines is 2. The van der Waals surface area contributed by atoms with Gasteiger partial charge < -0.3 is 15.2 Å². The molecule has 1 aliphatic carbocycles. The Morgan fingerprint density at radius 1 is 1.15 bits per heavy atom. The molecule has 0 bridgehead atoms. The summed E-state index contributed by atoms with van der Waals surface area (Å²) in [5, 5.41) is 12.2. The number of fused-ring (bicyclic) bond motifs is 2. The topological polar surface area (TPSA) is 77.6 Å². The molecule has 1 aromatic carbocycles. The van der Waals surface area contributed by atoms with Gasteiger partial charge in [-0.1, -0.05) is 0 Å². The average molecular weight is 357 g/mol. The standard InChI is InChI=1S/C20H19N7/c1-2-13(1)17-10-18(25-24-17)23-20-12-26(11-19-22-7-8-27(19)20)15-3-4-16-14(9-15)5-6-21-16/h3-10,12-13,21H,1-2,11H2,(H2,23,24,25). The van der Waals surface area contributed by atoms with Gasteiger partial charge in [0.15, 0.2) is 5.82 Å². The van der Waals surface area contributed by atoms with Gasteiger partial charge in [-0.05, 0) is 37.1 Å². The van der Waals surface area contributed by atoms with Gasteiger partial charge in [0.1, 0.15) is 11.6 Å². The number of nitrogens with zero attached hydrogens (tertiary/aromatic N) is 4. The van der Waals surface area contributed by atoms with E-state index in [0.29, 0.717) is 5.92 Å². The molecule has 6 rings (SSSR count). The highest BCUT2D eigenvalue weighted by Gasteiger charge is 2.26. The zero-order chi connectivity index (χ0) is 17.8. The Balaban J connectivity index is 1.36. The Kier molecular flexibility index (Phi) is 2.99. The van der Waals surface area contributed by atoms with Crippen LogP contribution in [0.25, 0.3) is 16.7 Å². The second kappa shape index (κ2) is 5.51. The van der Waals surface area contributed by atoms with Crippen molar-refractivity contribution in [2.24, 2.45) is 0 Å². The highest BCUT2D eigenvalue weighted by molar-refractivity contribution is 5.84. The Morgan fingerprint density at radius 2 is 2.11 bits per heavy atom. The van der Waals surface area contributed by atoms with Crippen molar-refractivity contribution in [3.8, 4) is 0 Å². The molecule has 1 fully saturated rings. The zero-order valence-corrected chi connectivity index (χ0v) is 14.7. The van der Waals surface area contributed by atoms with Gasteiger partial charge in [0, 0.05) is 59.1 Å². The molecule has 0 spiro atoms. The summed E-state index contributed by atoms with van der Waals surface area (Å²) in [4.78, 5) is 9.98. The van der Waals surface area contributed by atoms with E-state index in [0.717, 1.165) is 35.2 Å². The van der Waals surface area contributed by atoms with Crippen molar-refractivity contribution in [2.45, 2.75) is 25.3 Å². The van der Waals surface area contributed by atoms with E-state index in [1.54, 1.807) is 0 Å². The van der Waals surface area contributed by atoms with E-state index in [1.165, 1.54) is 23.9 Å². The average Bonchev–Trinajstić information content (AvgIpc) is 3.10. The van der Waals surface area contributed by atoms with E-state index in [9.17, 15) is 0 Å². The van der Waals surface area contributed by atoms with Crippen LogP contribution in [-0.2, 0) is 6.54 Å². The van der Waals surface area contributed by atoms with Gasteiger partial charge >= 0.3 is 0 Å². The SMILES string of the molecule is C1=C(Nc2cc(C3CC3)[nH]n2)n2ccnc2CN1c1ccc2[nH]ccc2c1. The summed E-state index contributed by atoms with van der Waals surface area (Å²) in [5.41, 5.74) is 3.49. The molecule has 2 aliphatic rings. The maximum Gasteiger partial charge on any atom is 0.153 e. The van der Waals surface area contributed by atoms with Crippen molar-refractivity contribution in [1.82, 2.24) is 24.7 Å². The zero-order valence-electron chi connectivity index (χ0n) is 14.7. The lowest BCUT2D eigenvalue weighted by Gasteiger charge is -2.28. The molecule has 3 N–H and O–H groups in total. The first-order valence-electron chi connectivity index (χ1n) is 9.24. The minimum Gasteiger partial charge on any atom is -0.361 e. The van der Waals surface area contributed by atoms with E-state index in [2.05, 4.69) is 71.5 Å². The van der Waals surface area contributed by atoms with Crippen LogP contribution in [0.15, 0.2) is 55.1 Å². The smallest absolute Gasteiger partial charge is 0.153 e. The molecule has 7 heteroatoms. The predicted molar refractivity (Wildman–Crippen MR) is 105 cm³/mol. The molecular weight excluding hydrogens is 338 g/mol. The second-order valence-corrected chi connectivity index (χ2v) is 7.21. The molecule has 0 unspecified atom stereocenters. The summed E-state index contributed by atoms with van der Waals surface area (Å²) < 4.78 is 2.08. The molecule has 27 heavy (non-hydrogen) atoms. The summed E-state index contributed by atoms with van der Waals surface area (Å²) in [6.45, 7) is 0.724. The predicted octanol–water partition coefficient (Wildman–Crippen LogP) is 3.85. The summed E-state index contributed by atoms with van der Waals surface area (Å²) in [6, 6.07) is 10.6. The highest BCUT2D eigenvalue weighted by Crippen LogP contribution is 2.39. The van der Waals surface area contributed by atoms with Crippen molar-refractivity contribution in [2.75, 3.05) is 10.2 Å². The number of H-pyrrole nitrogens is 2. The van der Waals surface area contributed by atoms with Gasteiger partial charge in [0.25, 0.3) is 0 Å². The maximum absolute atomic E-state index is 4.53. The second-order valence-electron chi connectivity index (χ2n) is 7.21. The first-order valence-corrected chi connectivity index (χ1v) is 9.24. The van der Waals surface area contributed by atoms with Gasteiger partial charge in [0.2, 0.25) is 0 Å². The van der Waals surface area contributed by atoms with Crippen molar-refractivity contribution in [1.29, 1.82) is 0 Å². The van der Waals surface area contributed by atoms with Gasteiger partial charge in [-0.15, -0.1) is 0 Å². The quantitative estimate of drug-likeness (QED) is 0.518. The first-order chi connectivity index (χ1) is 13.3. The van der Waals surface area contributed by atoms with Crippen LogP contribution < -0.4 is 10.2 Å². The van der Waals surface area contributed by atoms with Gasteiger partial charge in [0.05, 0.1) is 6.54 Å². The third-order valence-electron chi connectivity index (χ3n) is 5.31. The molecule has 1 saturated carbocycles. The van der Waals surface area contributed by atoms with Crippen LogP contribution in [0, 0.1) is 0 Å². The first kappa shape index (κ1) is 14.7. The largest absolute Gasteiger partial charge is 0.361 e. The van der Waals surface area contributed by atoms with Crippen LogP contribution in [0.4, 0.5) is 11.5 Å². The van der Waals surface area contributed by atoms with Crippen molar-refractivity contribution in [3.63, 3.8) is 0 Å². The lowest BCUT2D eigenvalue weighted by molar-refractivity contribution is 0.806. The van der Waals surface area contributed by atoms with E-state index in [4.69, 9.17) is 0 Å². The van der Waals surface area contributed by atoms with Crippen LogP contribution in [0.2, 0.25) is 0 Å². The normalized spacial score (nSPS) is 16.4. The molecular formula is C20H19N7. The van der Waals surface area contributed by atoms with Crippen LogP contribution >= 0.6 is 0 Å². The van der Waals surface area contributed by atoms with Crippen molar-refractivity contribution in [3.05, 3.63) is 66.6 Å². The van der Waals surface area contributed by atoms with Gasteiger partial charge in [-0.3, -0.25) is 9.67 Å². The van der Waals surface area contributed by atoms with Crippen LogP contribution in [0.3, 0.4) is 0 Å². The fraction of sp³-hybridized carbons (Fsp3) is 0.200. The molecule has 3 aromatic heterocycles. The van der Waals surface area contributed by atoms with Crippen molar-refractivity contribution >= 4 is 28.2 Å². The minimum atomic E-state index is 0.654. The van der Waals surface area contributed by atoms with E-state index in [-0.39, 0.29) is 0 Å². The van der Waals surface area contributed by atoms with Crippen LogP contribution in [0.1, 0.15) is 30.3 Å². The minimum absolute atomic E-state index is 0.654. The molecule has 0 saturated heterocycles. The fourth-order valence-corrected chi connectivity index (χ4v) is 3.69. The number of imidazole rings is 1. The summed E-state index contributed by atoms with van der Waals surface area (Å²) in [7, 11) is 0. The molecule has 7 nitrogen and oxygen atoms in total. The molecule has 0 radical (unpaired) electrons. The summed E-state index contributed by atoms with van der Waals surface area (Å²) in [6.07, 6.45) is 10.4. The van der Waals surface area contributed by atoms with E-state index in [1.807, 2.05) is 18.6 Å². The third-order valence-corrected chi connectivity index (χ3v) is 5.31. The number of rotatable bonds is 4. The van der Waals surface area contributed by atoms with Crippen molar-refractivity contribution < 1.29 is 0 Å². The van der Waals surface area contributed by atoms with Gasteiger partial charge in [-0.2, -0.15) is 5.10 Å². The Hall–Kier alpha value is -3.48. The highest BCUT2D eigenvalue weighted by atomic mass is 15.3. The molecule has 1 aliphatic heterocycles. The van der Waals surface area contributed by atoms with E-state index >= 15 is 0 Å². The lowest BCUT2D eigenvalue weighted by Crippen LogP contribution is -2.27. The van der Waals surface area contributed by atoms with Gasteiger partial charge in [-0.25, -0.2) is 4.98 Å². The molecule has 0 amide bonds. The van der Waals surface area contributed by atoms with E-state index < -0.39 is 0 Å². The van der Waals surface area contributed by atoms with Crippen LogP contribution in [0.5, 0.6) is 0 Å². The fourth-order valence-electron chi connectivity index (χ4n) is 3.69. The lowest BCUT2D eigenvalue weighted by atomic mass is 10.2. The number of anilines is 2. The maximum atomic E-state index is 4.53. The monoisotopic (exact) mass is 357 g/mol. The number of hydrogen-bond acceptors (Lipinski definition) is 4. The Bertz CT molecular complexity index is 1160. The number of aromatic nitrogens is 5. The summed E-state index contributed by atoms with van der Waals surface area (Å²) >= 11 is 0. The number of nitrogens with one attached hydrogen (secondary N) is 3.